The van der Waals surface area contributed by atoms with Crippen molar-refractivity contribution < 1.29 is 32.6 Å². The van der Waals surface area contributed by atoms with Crippen LogP contribution in [0.25, 0.3) is 0 Å². The van der Waals surface area contributed by atoms with Crippen molar-refractivity contribution in [3.8, 4) is 0 Å². The summed E-state index contributed by atoms with van der Waals surface area (Å²) in [6, 6.07) is 9.86. The number of hydrogen-bond acceptors (Lipinski definition) is 6. The van der Waals surface area contributed by atoms with Gasteiger partial charge in [-0.15, -0.1) is 10.2 Å². The highest BCUT2D eigenvalue weighted by atomic mass is 19.4. The second kappa shape index (κ2) is 9.70. The molecule has 0 spiro atoms. The number of hydrogen-bond donors (Lipinski definition) is 2. The van der Waals surface area contributed by atoms with Gasteiger partial charge in [0.25, 0.3) is 12.4 Å². The molecule has 3 aromatic rings. The van der Waals surface area contributed by atoms with E-state index in [0.29, 0.717) is 25.3 Å². The Morgan fingerprint density at radius 3 is 2.53 bits per heavy atom. The first-order chi connectivity index (χ1) is 17.1. The van der Waals surface area contributed by atoms with Crippen molar-refractivity contribution in [2.75, 3.05) is 18.1 Å². The van der Waals surface area contributed by atoms with Crippen LogP contribution >= 0.6 is 0 Å². The maximum atomic E-state index is 13.7. The molecule has 0 unspecified atom stereocenters. The number of amides is 1. The highest BCUT2D eigenvalue weighted by Crippen LogP contribution is 2.41. The zero-order chi connectivity index (χ0) is 26.1. The van der Waals surface area contributed by atoms with Crippen molar-refractivity contribution >= 4 is 18.1 Å². The summed E-state index contributed by atoms with van der Waals surface area (Å²) in [5.41, 5.74) is 6.24. The minimum absolute atomic E-state index is 0.0177. The molecule has 0 saturated carbocycles. The number of rotatable bonds is 5. The molecular formula is C24H24F3N5O4. The lowest BCUT2D eigenvalue weighted by Crippen LogP contribution is -2.49. The van der Waals surface area contributed by atoms with E-state index in [1.54, 1.807) is 12.4 Å². The van der Waals surface area contributed by atoms with Crippen LogP contribution in [0.15, 0.2) is 42.7 Å². The number of anilines is 1. The van der Waals surface area contributed by atoms with Crippen LogP contribution in [0.4, 0.5) is 18.9 Å². The quantitative estimate of drug-likeness (QED) is 0.513. The van der Waals surface area contributed by atoms with Crippen LogP contribution in [0, 0.1) is 0 Å². The van der Waals surface area contributed by atoms with Crippen LogP contribution in [0.3, 0.4) is 0 Å². The van der Waals surface area contributed by atoms with E-state index in [4.69, 9.17) is 20.4 Å². The smallest absolute Gasteiger partial charge is 0.416 e. The topological polar surface area (TPSA) is 124 Å². The molecule has 12 heteroatoms. The zero-order valence-corrected chi connectivity index (χ0v) is 19.3. The molecule has 190 valence electrons. The van der Waals surface area contributed by atoms with Gasteiger partial charge in [0.2, 0.25) is 0 Å². The summed E-state index contributed by atoms with van der Waals surface area (Å²) in [6.45, 7) is 0.485. The maximum absolute atomic E-state index is 13.7. The molecule has 9 nitrogen and oxygen atoms in total. The van der Waals surface area contributed by atoms with E-state index in [-0.39, 0.29) is 41.7 Å². The second-order valence-corrected chi connectivity index (χ2v) is 8.73. The fourth-order valence-corrected chi connectivity index (χ4v) is 4.54. The number of alkyl halides is 3. The average molecular weight is 503 g/mol. The summed E-state index contributed by atoms with van der Waals surface area (Å²) < 4.78 is 48.5. The van der Waals surface area contributed by atoms with Crippen molar-refractivity contribution in [2.24, 2.45) is 12.8 Å². The largest absolute Gasteiger partial charge is 0.483 e. The highest BCUT2D eigenvalue weighted by molar-refractivity contribution is 6.10. The van der Waals surface area contributed by atoms with E-state index < -0.39 is 17.6 Å². The van der Waals surface area contributed by atoms with Gasteiger partial charge >= 0.3 is 6.18 Å². The number of aromatic nitrogens is 3. The minimum atomic E-state index is -4.57. The van der Waals surface area contributed by atoms with Crippen LogP contribution in [0.1, 0.15) is 38.4 Å². The normalized spacial score (nSPS) is 16.1. The monoisotopic (exact) mass is 503 g/mol. The highest BCUT2D eigenvalue weighted by Gasteiger charge is 2.43. The minimum Gasteiger partial charge on any atom is -0.483 e. The van der Waals surface area contributed by atoms with E-state index in [1.165, 1.54) is 11.0 Å². The summed E-state index contributed by atoms with van der Waals surface area (Å²) in [6.07, 6.45) is -2.34. The maximum Gasteiger partial charge on any atom is 0.416 e. The molecule has 3 heterocycles. The molecular weight excluding hydrogens is 479 g/mol. The lowest BCUT2D eigenvalue weighted by atomic mass is 9.75. The number of aryl methyl sites for hydroxylation is 1. The van der Waals surface area contributed by atoms with Gasteiger partial charge in [0.05, 0.1) is 25.3 Å². The number of carboxylic acid groups (broad SMARTS) is 1. The molecule has 0 radical (unpaired) electrons. The molecule has 0 atom stereocenters. The second-order valence-electron chi connectivity index (χ2n) is 8.73. The molecule has 1 aromatic heterocycles. The third kappa shape index (κ3) is 4.56. The lowest BCUT2D eigenvalue weighted by Gasteiger charge is -2.42. The summed E-state index contributed by atoms with van der Waals surface area (Å²) in [5.74, 6) is 0.340. The van der Waals surface area contributed by atoms with Crippen LogP contribution in [0.5, 0.6) is 0 Å². The van der Waals surface area contributed by atoms with Crippen LogP contribution in [0.2, 0.25) is 0 Å². The molecule has 2 aliphatic rings. The Labute approximate surface area is 204 Å². The Morgan fingerprint density at radius 2 is 1.97 bits per heavy atom. The van der Waals surface area contributed by atoms with E-state index in [0.717, 1.165) is 17.5 Å². The molecule has 2 aliphatic heterocycles. The molecule has 1 saturated heterocycles. The van der Waals surface area contributed by atoms with E-state index in [9.17, 15) is 18.0 Å². The Balaban J connectivity index is 0.000000967. The van der Waals surface area contributed by atoms with Crippen molar-refractivity contribution in [1.82, 2.24) is 14.8 Å². The van der Waals surface area contributed by atoms with Gasteiger partial charge < -0.3 is 25.0 Å². The molecule has 3 N–H and O–H groups in total. The number of nitrogens with zero attached hydrogens (tertiary/aromatic N) is 4. The Bertz CT molecular complexity index is 1290. The van der Waals surface area contributed by atoms with Gasteiger partial charge in [0.15, 0.2) is 0 Å². The fraction of sp³-hybridized carbons (Fsp3) is 0.333. The van der Waals surface area contributed by atoms with Gasteiger partial charge in [-0.3, -0.25) is 9.59 Å². The van der Waals surface area contributed by atoms with E-state index in [1.807, 2.05) is 29.8 Å². The van der Waals surface area contributed by atoms with Gasteiger partial charge in [-0.25, -0.2) is 0 Å². The first-order valence-electron chi connectivity index (χ1n) is 11.0. The Morgan fingerprint density at radius 1 is 1.25 bits per heavy atom. The van der Waals surface area contributed by atoms with Gasteiger partial charge in [-0.2, -0.15) is 13.2 Å². The van der Waals surface area contributed by atoms with E-state index in [2.05, 4.69) is 10.2 Å². The lowest BCUT2D eigenvalue weighted by molar-refractivity contribution is -0.138. The molecule has 2 aromatic carbocycles. The first-order valence-corrected chi connectivity index (χ1v) is 11.0. The van der Waals surface area contributed by atoms with Gasteiger partial charge in [0.1, 0.15) is 12.2 Å². The van der Waals surface area contributed by atoms with Crippen LogP contribution in [-0.2, 0) is 47.7 Å². The number of ether oxygens (including phenoxy) is 1. The van der Waals surface area contributed by atoms with Crippen LogP contribution in [-0.4, -0.2) is 45.5 Å². The first kappa shape index (κ1) is 25.3. The third-order valence-electron chi connectivity index (χ3n) is 6.47. The predicted octanol–water partition coefficient (Wildman–Crippen LogP) is 2.66. The van der Waals surface area contributed by atoms with Gasteiger partial charge in [-0.1, -0.05) is 12.1 Å². The number of benzene rings is 2. The molecule has 0 bridgehead atoms. The van der Waals surface area contributed by atoms with Crippen molar-refractivity contribution in [3.05, 3.63) is 76.4 Å². The van der Waals surface area contributed by atoms with Gasteiger partial charge in [-0.05, 0) is 41.0 Å². The number of nitrogens with two attached hydrogens (primary N) is 1. The third-order valence-corrected chi connectivity index (χ3v) is 6.47. The molecule has 1 amide bonds. The average Bonchev–Trinajstić information content (AvgIpc) is 3.38. The van der Waals surface area contributed by atoms with Crippen molar-refractivity contribution in [1.29, 1.82) is 0 Å². The molecule has 36 heavy (non-hydrogen) atoms. The summed E-state index contributed by atoms with van der Waals surface area (Å²) in [7, 11) is 1.87. The molecule has 1 fully saturated rings. The summed E-state index contributed by atoms with van der Waals surface area (Å²) >= 11 is 0. The van der Waals surface area contributed by atoms with Crippen molar-refractivity contribution in [3.63, 3.8) is 0 Å². The van der Waals surface area contributed by atoms with Crippen LogP contribution < -0.4 is 10.6 Å². The number of carbonyl (C=O) groups excluding carboxylic acids is 1. The fourth-order valence-electron chi connectivity index (χ4n) is 4.54. The van der Waals surface area contributed by atoms with Gasteiger partial charge in [0, 0.05) is 36.7 Å². The summed E-state index contributed by atoms with van der Waals surface area (Å²) in [5, 5.41) is 15.0. The number of halogens is 3. The van der Waals surface area contributed by atoms with E-state index >= 15 is 0 Å². The molecule has 5 rings (SSSR count). The zero-order valence-electron chi connectivity index (χ0n) is 19.3. The number of fused-ring (bicyclic) bond motifs is 1. The predicted molar refractivity (Wildman–Crippen MR) is 122 cm³/mol. The SMILES string of the molecule is Cn1cnnc1CC1(c2cccc(N3Cc4c(cc(CN)cc4C(F)(F)F)C3=O)c2)COC1.O=CO. The Hall–Kier alpha value is -3.77. The number of carbonyl (C=O) groups is 2. The molecule has 0 aliphatic carbocycles. The Kier molecular flexibility index (Phi) is 6.83. The summed E-state index contributed by atoms with van der Waals surface area (Å²) in [4.78, 5) is 22.9. The standard InChI is InChI=1S/C23H22F3N5O2.CH2O2/c1-30-13-28-29-20(30)8-22(11-33-12-22)15-3-2-4-16(7-15)31-10-18-17(21(31)32)5-14(9-27)6-19(18)23(24,25)26;2-1-3/h2-7,13H,8-12,27H2,1H3;1H,(H,2,3). The van der Waals surface area contributed by atoms with Crippen molar-refractivity contribution in [2.45, 2.75) is 31.1 Å².